The lowest BCUT2D eigenvalue weighted by Crippen LogP contribution is -2.19. The fraction of sp³-hybridized carbons (Fsp3) is 0.357. The second-order valence-electron chi connectivity index (χ2n) is 4.58. The van der Waals surface area contributed by atoms with Crippen molar-refractivity contribution in [3.8, 4) is 11.3 Å². The lowest BCUT2D eigenvalue weighted by molar-refractivity contribution is 0.494. The predicted octanol–water partition coefficient (Wildman–Crippen LogP) is 3.29. The van der Waals surface area contributed by atoms with E-state index < -0.39 is 0 Å². The normalized spacial score (nSPS) is 14.9. The molecule has 0 unspecified atom stereocenters. The fourth-order valence-corrected chi connectivity index (χ4v) is 2.11. The molecule has 1 N–H and O–H groups in total. The highest BCUT2D eigenvalue weighted by Crippen LogP contribution is 2.28. The maximum Gasteiger partial charge on any atom is 0.196 e. The van der Waals surface area contributed by atoms with Crippen LogP contribution < -0.4 is 5.32 Å². The van der Waals surface area contributed by atoms with Crippen molar-refractivity contribution in [2.45, 2.75) is 25.3 Å². The van der Waals surface area contributed by atoms with E-state index in [0.717, 1.165) is 36.2 Å². The van der Waals surface area contributed by atoms with Gasteiger partial charge in [-0.15, -0.1) is 0 Å². The molecule has 0 bridgehead atoms. The van der Waals surface area contributed by atoms with Gasteiger partial charge in [-0.05, 0) is 25.0 Å². The van der Waals surface area contributed by atoms with E-state index in [4.69, 9.17) is 16.0 Å². The molecule has 94 valence electrons. The number of nitrogens with zero attached hydrogens (tertiary/aromatic N) is 1. The first-order valence-electron chi connectivity index (χ1n) is 6.26. The van der Waals surface area contributed by atoms with Gasteiger partial charge in [0.2, 0.25) is 0 Å². The van der Waals surface area contributed by atoms with Gasteiger partial charge in [0, 0.05) is 24.6 Å². The van der Waals surface area contributed by atoms with Gasteiger partial charge < -0.3 is 9.73 Å². The molecule has 1 aromatic carbocycles. The van der Waals surface area contributed by atoms with Gasteiger partial charge in [0.25, 0.3) is 0 Å². The number of hydrogen-bond acceptors (Lipinski definition) is 3. The topological polar surface area (TPSA) is 38.1 Å². The summed E-state index contributed by atoms with van der Waals surface area (Å²) in [4.78, 5) is 4.29. The Morgan fingerprint density at radius 2 is 2.17 bits per heavy atom. The molecule has 1 aromatic heterocycles. The van der Waals surface area contributed by atoms with E-state index in [1.807, 2.05) is 24.3 Å². The minimum Gasteiger partial charge on any atom is -0.441 e. The monoisotopic (exact) mass is 262 g/mol. The Kier molecular flexibility index (Phi) is 3.35. The number of nitrogens with one attached hydrogen (secondary N) is 1. The van der Waals surface area contributed by atoms with Gasteiger partial charge in [-0.2, -0.15) is 0 Å². The molecule has 4 heteroatoms. The summed E-state index contributed by atoms with van der Waals surface area (Å²) in [5.41, 5.74) is 0.896. The van der Waals surface area contributed by atoms with Crippen molar-refractivity contribution < 1.29 is 4.42 Å². The minimum absolute atomic E-state index is 0.691. The summed E-state index contributed by atoms with van der Waals surface area (Å²) in [5.74, 6) is 1.50. The second kappa shape index (κ2) is 5.12. The average Bonchev–Trinajstić information content (AvgIpc) is 3.08. The van der Waals surface area contributed by atoms with Gasteiger partial charge in [0.05, 0.1) is 11.2 Å². The van der Waals surface area contributed by atoms with Crippen LogP contribution in [0.5, 0.6) is 0 Å². The summed E-state index contributed by atoms with van der Waals surface area (Å²) in [6, 6.07) is 8.37. The van der Waals surface area contributed by atoms with Gasteiger partial charge >= 0.3 is 0 Å². The minimum atomic E-state index is 0.691. The van der Waals surface area contributed by atoms with Crippen LogP contribution in [0.15, 0.2) is 34.9 Å². The number of oxazole rings is 1. The van der Waals surface area contributed by atoms with E-state index in [-0.39, 0.29) is 0 Å². The van der Waals surface area contributed by atoms with Crippen molar-refractivity contribution >= 4 is 11.6 Å². The number of aromatic nitrogens is 1. The summed E-state index contributed by atoms with van der Waals surface area (Å²) in [6.07, 6.45) is 5.17. The Bertz CT molecular complexity index is 534. The maximum absolute atomic E-state index is 6.12. The van der Waals surface area contributed by atoms with Crippen LogP contribution in [-0.4, -0.2) is 17.6 Å². The Labute approximate surface area is 111 Å². The van der Waals surface area contributed by atoms with Crippen molar-refractivity contribution in [3.63, 3.8) is 0 Å². The SMILES string of the molecule is Clc1ccccc1-c1cnc(CCNC2CC2)o1. The number of benzene rings is 1. The van der Waals surface area contributed by atoms with E-state index >= 15 is 0 Å². The highest BCUT2D eigenvalue weighted by Gasteiger charge is 2.20. The maximum atomic E-state index is 6.12. The molecule has 0 spiro atoms. The van der Waals surface area contributed by atoms with Gasteiger partial charge in [0.15, 0.2) is 11.7 Å². The zero-order chi connectivity index (χ0) is 12.4. The second-order valence-corrected chi connectivity index (χ2v) is 4.98. The van der Waals surface area contributed by atoms with Crippen molar-refractivity contribution in [1.29, 1.82) is 0 Å². The molecule has 1 fully saturated rings. The van der Waals surface area contributed by atoms with E-state index in [1.54, 1.807) is 6.20 Å². The lowest BCUT2D eigenvalue weighted by atomic mass is 10.2. The van der Waals surface area contributed by atoms with Crippen LogP contribution in [0.25, 0.3) is 11.3 Å². The molecule has 0 saturated heterocycles. The molecule has 18 heavy (non-hydrogen) atoms. The molecular formula is C14H15ClN2O. The third-order valence-electron chi connectivity index (χ3n) is 3.04. The number of rotatable bonds is 5. The Hall–Kier alpha value is -1.32. The molecule has 2 aromatic rings. The number of halogens is 1. The number of hydrogen-bond donors (Lipinski definition) is 1. The lowest BCUT2D eigenvalue weighted by Gasteiger charge is -2.00. The Morgan fingerprint density at radius 3 is 2.94 bits per heavy atom. The molecule has 1 saturated carbocycles. The van der Waals surface area contributed by atoms with Crippen LogP contribution in [0.3, 0.4) is 0 Å². The van der Waals surface area contributed by atoms with E-state index in [2.05, 4.69) is 10.3 Å². The zero-order valence-electron chi connectivity index (χ0n) is 10.0. The molecule has 1 aliphatic carbocycles. The van der Waals surface area contributed by atoms with Crippen LogP contribution in [0.1, 0.15) is 18.7 Å². The van der Waals surface area contributed by atoms with Gasteiger partial charge in [0.1, 0.15) is 0 Å². The first kappa shape index (κ1) is 11.8. The standard InChI is InChI=1S/C14H15ClN2O/c15-12-4-2-1-3-11(12)13-9-17-14(18-13)7-8-16-10-5-6-10/h1-4,9-10,16H,5-8H2. The average molecular weight is 263 g/mol. The molecule has 1 aliphatic rings. The summed E-state index contributed by atoms with van der Waals surface area (Å²) < 4.78 is 5.72. The van der Waals surface area contributed by atoms with Gasteiger partial charge in [-0.1, -0.05) is 23.7 Å². The highest BCUT2D eigenvalue weighted by atomic mass is 35.5. The summed E-state index contributed by atoms with van der Waals surface area (Å²) in [7, 11) is 0. The molecular weight excluding hydrogens is 248 g/mol. The summed E-state index contributed by atoms with van der Waals surface area (Å²) >= 11 is 6.12. The van der Waals surface area contributed by atoms with Crippen molar-refractivity contribution in [1.82, 2.24) is 10.3 Å². The third kappa shape index (κ3) is 2.74. The molecule has 3 rings (SSSR count). The molecule has 0 radical (unpaired) electrons. The smallest absolute Gasteiger partial charge is 0.196 e. The first-order valence-corrected chi connectivity index (χ1v) is 6.64. The summed E-state index contributed by atoms with van der Waals surface area (Å²) in [5, 5.41) is 4.13. The van der Waals surface area contributed by atoms with Crippen LogP contribution in [0.2, 0.25) is 5.02 Å². The van der Waals surface area contributed by atoms with Gasteiger partial charge in [-0.3, -0.25) is 0 Å². The molecule has 0 aliphatic heterocycles. The third-order valence-corrected chi connectivity index (χ3v) is 3.37. The van der Waals surface area contributed by atoms with Crippen molar-refractivity contribution in [2.24, 2.45) is 0 Å². The highest BCUT2D eigenvalue weighted by molar-refractivity contribution is 6.33. The summed E-state index contributed by atoms with van der Waals surface area (Å²) in [6.45, 7) is 0.924. The van der Waals surface area contributed by atoms with Gasteiger partial charge in [-0.25, -0.2) is 4.98 Å². The van der Waals surface area contributed by atoms with E-state index in [1.165, 1.54) is 12.8 Å². The van der Waals surface area contributed by atoms with Crippen LogP contribution >= 0.6 is 11.6 Å². The molecule has 1 heterocycles. The van der Waals surface area contributed by atoms with Crippen LogP contribution in [-0.2, 0) is 6.42 Å². The Balaban J connectivity index is 1.66. The van der Waals surface area contributed by atoms with Crippen LogP contribution in [0, 0.1) is 0 Å². The molecule has 3 nitrogen and oxygen atoms in total. The van der Waals surface area contributed by atoms with Crippen molar-refractivity contribution in [2.75, 3.05) is 6.54 Å². The molecule has 0 atom stereocenters. The van der Waals surface area contributed by atoms with Crippen LogP contribution in [0.4, 0.5) is 0 Å². The molecule has 0 amide bonds. The Morgan fingerprint density at radius 1 is 1.33 bits per heavy atom. The predicted molar refractivity (Wildman–Crippen MR) is 71.7 cm³/mol. The zero-order valence-corrected chi connectivity index (χ0v) is 10.8. The first-order chi connectivity index (χ1) is 8.83. The largest absolute Gasteiger partial charge is 0.441 e. The van der Waals surface area contributed by atoms with E-state index in [0.29, 0.717) is 5.02 Å². The van der Waals surface area contributed by atoms with E-state index in [9.17, 15) is 0 Å². The quantitative estimate of drug-likeness (QED) is 0.899. The van der Waals surface area contributed by atoms with Crippen molar-refractivity contribution in [3.05, 3.63) is 41.4 Å². The fourth-order valence-electron chi connectivity index (χ4n) is 1.88.